The number of imide groups is 1. The fourth-order valence-electron chi connectivity index (χ4n) is 3.93. The van der Waals surface area contributed by atoms with E-state index in [1.165, 1.54) is 10.5 Å². The minimum atomic E-state index is -1.01. The van der Waals surface area contributed by atoms with Crippen molar-refractivity contribution in [1.82, 2.24) is 20.0 Å². The maximum Gasteiger partial charge on any atom is 0.326 e. The minimum absolute atomic E-state index is 0.197. The molecule has 2 aliphatic heterocycles. The molecule has 2 aromatic carbocycles. The molecule has 2 heterocycles. The number of carbonyl (C=O) groups is 2. The Bertz CT molecular complexity index is 881. The molecular formula is C22H25ClN4O2. The number of amides is 3. The summed E-state index contributed by atoms with van der Waals surface area (Å²) < 4.78 is 0. The van der Waals surface area contributed by atoms with E-state index in [1.54, 1.807) is 6.92 Å². The van der Waals surface area contributed by atoms with Crippen LogP contribution in [0.5, 0.6) is 0 Å². The predicted octanol–water partition coefficient (Wildman–Crippen LogP) is 2.88. The third kappa shape index (κ3) is 4.15. The van der Waals surface area contributed by atoms with Crippen LogP contribution in [-0.4, -0.2) is 59.5 Å². The van der Waals surface area contributed by atoms with Crippen molar-refractivity contribution < 1.29 is 9.59 Å². The molecule has 6 nitrogen and oxygen atoms in total. The van der Waals surface area contributed by atoms with Gasteiger partial charge in [-0.3, -0.25) is 14.6 Å². The number of carbonyl (C=O) groups excluding carboxylic acids is 2. The highest BCUT2D eigenvalue weighted by molar-refractivity contribution is 6.30. The normalized spacial score (nSPS) is 23.4. The van der Waals surface area contributed by atoms with Crippen LogP contribution in [0.2, 0.25) is 5.02 Å². The summed E-state index contributed by atoms with van der Waals surface area (Å²) in [6.07, 6.45) is 0. The molecule has 2 saturated heterocycles. The molecule has 7 heteroatoms. The highest BCUT2D eigenvalue weighted by Gasteiger charge is 2.49. The number of benzene rings is 2. The summed E-state index contributed by atoms with van der Waals surface area (Å²) in [5, 5.41) is 3.62. The van der Waals surface area contributed by atoms with Crippen molar-refractivity contribution in [3.05, 3.63) is 70.7 Å². The monoisotopic (exact) mass is 412 g/mol. The van der Waals surface area contributed by atoms with Crippen molar-refractivity contribution in [2.45, 2.75) is 19.0 Å². The van der Waals surface area contributed by atoms with Crippen molar-refractivity contribution in [2.75, 3.05) is 32.8 Å². The average molecular weight is 413 g/mol. The Labute approximate surface area is 176 Å². The van der Waals surface area contributed by atoms with E-state index in [1.807, 2.05) is 54.6 Å². The highest BCUT2D eigenvalue weighted by atomic mass is 35.5. The van der Waals surface area contributed by atoms with Crippen molar-refractivity contribution >= 4 is 23.5 Å². The average Bonchev–Trinajstić information content (AvgIpc) is 2.96. The number of hydrogen-bond donors (Lipinski definition) is 1. The smallest absolute Gasteiger partial charge is 0.319 e. The first-order valence-electron chi connectivity index (χ1n) is 9.84. The van der Waals surface area contributed by atoms with E-state index in [-0.39, 0.29) is 11.9 Å². The number of hydrogen-bond acceptors (Lipinski definition) is 4. The van der Waals surface area contributed by atoms with Crippen LogP contribution in [0.15, 0.2) is 54.6 Å². The van der Waals surface area contributed by atoms with E-state index in [4.69, 9.17) is 11.6 Å². The fraction of sp³-hybridized carbons (Fsp3) is 0.364. The first-order valence-corrected chi connectivity index (χ1v) is 10.2. The molecule has 0 radical (unpaired) electrons. The molecule has 2 aliphatic rings. The van der Waals surface area contributed by atoms with Crippen molar-refractivity contribution in [2.24, 2.45) is 0 Å². The van der Waals surface area contributed by atoms with E-state index in [0.29, 0.717) is 6.67 Å². The molecule has 29 heavy (non-hydrogen) atoms. The van der Waals surface area contributed by atoms with Crippen LogP contribution < -0.4 is 5.32 Å². The summed E-state index contributed by atoms with van der Waals surface area (Å²) >= 11 is 5.95. The Morgan fingerprint density at radius 1 is 0.931 bits per heavy atom. The zero-order chi connectivity index (χ0) is 20.4. The molecule has 0 spiro atoms. The summed E-state index contributed by atoms with van der Waals surface area (Å²) in [5.41, 5.74) is 1.03. The molecule has 2 aromatic rings. The summed E-state index contributed by atoms with van der Waals surface area (Å²) in [4.78, 5) is 31.4. The topological polar surface area (TPSA) is 55.9 Å². The second-order valence-electron chi connectivity index (χ2n) is 7.82. The van der Waals surface area contributed by atoms with Gasteiger partial charge in [0, 0.05) is 37.7 Å². The zero-order valence-electron chi connectivity index (χ0n) is 16.5. The molecule has 0 aromatic heterocycles. The molecule has 1 atom stereocenters. The number of nitrogens with zero attached hydrogens (tertiary/aromatic N) is 3. The quantitative estimate of drug-likeness (QED) is 0.767. The minimum Gasteiger partial charge on any atom is -0.319 e. The van der Waals surface area contributed by atoms with Crippen LogP contribution >= 0.6 is 11.6 Å². The van der Waals surface area contributed by atoms with E-state index in [9.17, 15) is 9.59 Å². The van der Waals surface area contributed by atoms with E-state index >= 15 is 0 Å². The molecule has 0 bridgehead atoms. The van der Waals surface area contributed by atoms with E-state index in [2.05, 4.69) is 15.1 Å². The van der Waals surface area contributed by atoms with Crippen molar-refractivity contribution in [3.8, 4) is 0 Å². The Kier molecular flexibility index (Phi) is 5.58. The molecule has 4 rings (SSSR count). The fourth-order valence-corrected chi connectivity index (χ4v) is 4.06. The summed E-state index contributed by atoms with van der Waals surface area (Å²) in [5.74, 6) is -0.197. The van der Waals surface area contributed by atoms with Crippen LogP contribution in [0.1, 0.15) is 18.1 Å². The van der Waals surface area contributed by atoms with Gasteiger partial charge in [-0.05, 0) is 30.2 Å². The van der Waals surface area contributed by atoms with Crippen molar-refractivity contribution in [3.63, 3.8) is 0 Å². The van der Waals surface area contributed by atoms with Crippen LogP contribution in [0.25, 0.3) is 0 Å². The molecule has 0 saturated carbocycles. The predicted molar refractivity (Wildman–Crippen MR) is 112 cm³/mol. The lowest BCUT2D eigenvalue weighted by Crippen LogP contribution is -2.51. The maximum absolute atomic E-state index is 13.0. The molecule has 3 amide bonds. The van der Waals surface area contributed by atoms with Gasteiger partial charge in [0.15, 0.2) is 0 Å². The molecule has 0 aliphatic carbocycles. The SMILES string of the molecule is C[C@@]1(c2ccccc2)NC(=O)N(CN2CCN(Cc3ccc(Cl)cc3)CC2)C1=O. The van der Waals surface area contributed by atoms with Gasteiger partial charge < -0.3 is 5.32 Å². The summed E-state index contributed by atoms with van der Waals surface area (Å²) in [6, 6.07) is 17.0. The molecule has 1 N–H and O–H groups in total. The van der Waals surface area contributed by atoms with Gasteiger partial charge in [0.05, 0.1) is 6.67 Å². The summed E-state index contributed by atoms with van der Waals surface area (Å²) in [6.45, 7) is 6.37. The standard InChI is InChI=1S/C22H25ClN4O2/c1-22(18-5-3-2-4-6-18)20(28)27(21(29)24-22)16-26-13-11-25(12-14-26)15-17-7-9-19(23)10-8-17/h2-10H,11-16H2,1H3,(H,24,29)/t22-/m0/s1. The summed E-state index contributed by atoms with van der Waals surface area (Å²) in [7, 11) is 0. The van der Waals surface area contributed by atoms with Gasteiger partial charge >= 0.3 is 6.03 Å². The van der Waals surface area contributed by atoms with Crippen LogP contribution in [-0.2, 0) is 16.9 Å². The second kappa shape index (κ2) is 8.14. The lowest BCUT2D eigenvalue weighted by Gasteiger charge is -2.36. The number of halogens is 1. The largest absolute Gasteiger partial charge is 0.326 e. The number of piperazine rings is 1. The van der Waals surface area contributed by atoms with Crippen LogP contribution in [0, 0.1) is 0 Å². The highest BCUT2D eigenvalue weighted by Crippen LogP contribution is 2.28. The van der Waals surface area contributed by atoms with Gasteiger partial charge in [0.25, 0.3) is 5.91 Å². The molecular weight excluding hydrogens is 388 g/mol. The Morgan fingerprint density at radius 2 is 1.55 bits per heavy atom. The van der Waals surface area contributed by atoms with E-state index < -0.39 is 5.54 Å². The number of rotatable bonds is 5. The Hall–Kier alpha value is -2.41. The first kappa shape index (κ1) is 19.9. The van der Waals surface area contributed by atoms with Gasteiger partial charge in [0.2, 0.25) is 0 Å². The second-order valence-corrected chi connectivity index (χ2v) is 8.25. The number of urea groups is 1. The third-order valence-corrected chi connectivity index (χ3v) is 6.00. The maximum atomic E-state index is 13.0. The zero-order valence-corrected chi connectivity index (χ0v) is 17.2. The number of nitrogens with one attached hydrogen (secondary N) is 1. The lowest BCUT2D eigenvalue weighted by atomic mass is 9.92. The molecule has 2 fully saturated rings. The van der Waals surface area contributed by atoms with Gasteiger partial charge in [-0.15, -0.1) is 0 Å². The lowest BCUT2D eigenvalue weighted by molar-refractivity contribution is -0.132. The molecule has 0 unspecified atom stereocenters. The van der Waals surface area contributed by atoms with Gasteiger partial charge in [0.1, 0.15) is 5.54 Å². The van der Waals surface area contributed by atoms with Crippen molar-refractivity contribution in [1.29, 1.82) is 0 Å². The first-order chi connectivity index (χ1) is 14.0. The van der Waals surface area contributed by atoms with Gasteiger partial charge in [-0.2, -0.15) is 0 Å². The Morgan fingerprint density at radius 3 is 2.21 bits per heavy atom. The van der Waals surface area contributed by atoms with Gasteiger partial charge in [-0.1, -0.05) is 54.1 Å². The van der Waals surface area contributed by atoms with Crippen LogP contribution in [0.4, 0.5) is 4.79 Å². The Balaban J connectivity index is 1.34. The van der Waals surface area contributed by atoms with Gasteiger partial charge in [-0.25, -0.2) is 9.69 Å². The van der Waals surface area contributed by atoms with E-state index in [0.717, 1.165) is 43.3 Å². The van der Waals surface area contributed by atoms with Crippen LogP contribution in [0.3, 0.4) is 0 Å². The third-order valence-electron chi connectivity index (χ3n) is 5.75. The molecule has 152 valence electrons.